The molecule has 0 aromatic heterocycles. The van der Waals surface area contributed by atoms with E-state index in [9.17, 15) is 18.3 Å². The lowest BCUT2D eigenvalue weighted by molar-refractivity contribution is 0.0916. The molecule has 0 saturated carbocycles. The molecule has 7 heteroatoms. The van der Waals surface area contributed by atoms with Crippen LogP contribution in [-0.4, -0.2) is 32.0 Å². The van der Waals surface area contributed by atoms with Crippen LogP contribution in [0, 0.1) is 0 Å². The van der Waals surface area contributed by atoms with Crippen molar-refractivity contribution >= 4 is 26.7 Å². The average molecular weight is 413 g/mol. The van der Waals surface area contributed by atoms with E-state index in [1.54, 1.807) is 13.8 Å². The first-order chi connectivity index (χ1) is 13.8. The first-order valence-electron chi connectivity index (χ1n) is 9.33. The zero-order chi connectivity index (χ0) is 21.0. The van der Waals surface area contributed by atoms with Gasteiger partial charge >= 0.3 is 0 Å². The quantitative estimate of drug-likeness (QED) is 0.556. The van der Waals surface area contributed by atoms with E-state index < -0.39 is 16.1 Å². The Morgan fingerprint density at radius 2 is 1.62 bits per heavy atom. The summed E-state index contributed by atoms with van der Waals surface area (Å²) < 4.78 is 26.8. The van der Waals surface area contributed by atoms with Crippen LogP contribution in [0.2, 0.25) is 0 Å². The standard InChI is InChI=1S/C22H24N2O4S/c1-15(2)24-29(27,28)20-11-9-17(10-12-20)22(26)23-14-21(25)19-8-7-16-5-3-4-6-18(16)13-19/h3-13,15,21,24-25H,14H2,1-2H3,(H,23,26). The topological polar surface area (TPSA) is 95.5 Å². The average Bonchev–Trinajstić information content (AvgIpc) is 2.70. The number of aliphatic hydroxyl groups is 1. The second-order valence-electron chi connectivity index (χ2n) is 7.13. The summed E-state index contributed by atoms with van der Waals surface area (Å²) in [4.78, 5) is 12.4. The zero-order valence-corrected chi connectivity index (χ0v) is 17.1. The monoisotopic (exact) mass is 412 g/mol. The van der Waals surface area contributed by atoms with Gasteiger partial charge in [0.2, 0.25) is 10.0 Å². The Labute approximate surface area is 170 Å². The van der Waals surface area contributed by atoms with Crippen molar-refractivity contribution in [3.8, 4) is 0 Å². The van der Waals surface area contributed by atoms with Crippen LogP contribution in [0.5, 0.6) is 0 Å². The fourth-order valence-corrected chi connectivity index (χ4v) is 4.24. The normalized spacial score (nSPS) is 12.8. The summed E-state index contributed by atoms with van der Waals surface area (Å²) in [6.07, 6.45) is -0.849. The Balaban J connectivity index is 1.63. The number of hydrogen-bond acceptors (Lipinski definition) is 4. The zero-order valence-electron chi connectivity index (χ0n) is 16.3. The summed E-state index contributed by atoms with van der Waals surface area (Å²) in [6, 6.07) is 19.0. The molecule has 1 unspecified atom stereocenters. The van der Waals surface area contributed by atoms with Crippen LogP contribution in [-0.2, 0) is 10.0 Å². The number of rotatable bonds is 7. The largest absolute Gasteiger partial charge is 0.387 e. The molecule has 3 N–H and O–H groups in total. The van der Waals surface area contributed by atoms with E-state index in [2.05, 4.69) is 10.0 Å². The highest BCUT2D eigenvalue weighted by Crippen LogP contribution is 2.20. The fraction of sp³-hybridized carbons (Fsp3) is 0.227. The maximum Gasteiger partial charge on any atom is 0.251 e. The van der Waals surface area contributed by atoms with Gasteiger partial charge in [0.1, 0.15) is 0 Å². The fourth-order valence-electron chi connectivity index (χ4n) is 2.99. The minimum atomic E-state index is -3.60. The molecule has 1 amide bonds. The van der Waals surface area contributed by atoms with Crippen LogP contribution in [0.4, 0.5) is 0 Å². The van der Waals surface area contributed by atoms with Gasteiger partial charge in [0.05, 0.1) is 11.0 Å². The third-order valence-corrected chi connectivity index (χ3v) is 6.11. The number of aliphatic hydroxyl groups excluding tert-OH is 1. The molecule has 0 spiro atoms. The molecule has 0 saturated heterocycles. The first-order valence-corrected chi connectivity index (χ1v) is 10.8. The van der Waals surface area contributed by atoms with Gasteiger partial charge in [-0.2, -0.15) is 0 Å². The third kappa shape index (κ3) is 5.20. The minimum Gasteiger partial charge on any atom is -0.387 e. The number of benzene rings is 3. The van der Waals surface area contributed by atoms with Gasteiger partial charge < -0.3 is 10.4 Å². The minimum absolute atomic E-state index is 0.0477. The van der Waals surface area contributed by atoms with E-state index in [-0.39, 0.29) is 23.4 Å². The van der Waals surface area contributed by atoms with Crippen LogP contribution in [0.15, 0.2) is 71.6 Å². The van der Waals surface area contributed by atoms with Gasteiger partial charge in [-0.05, 0) is 60.5 Å². The molecule has 0 heterocycles. The molecular formula is C22H24N2O4S. The Hall–Kier alpha value is -2.74. The van der Waals surface area contributed by atoms with Crippen molar-refractivity contribution in [3.63, 3.8) is 0 Å². The van der Waals surface area contributed by atoms with Crippen LogP contribution < -0.4 is 10.0 Å². The van der Waals surface area contributed by atoms with Crippen molar-refractivity contribution in [1.82, 2.24) is 10.0 Å². The van der Waals surface area contributed by atoms with Gasteiger partial charge in [0.25, 0.3) is 5.91 Å². The summed E-state index contributed by atoms with van der Waals surface area (Å²) in [5, 5.41) is 15.2. The summed E-state index contributed by atoms with van der Waals surface area (Å²) in [5.74, 6) is -0.384. The molecule has 29 heavy (non-hydrogen) atoms. The molecule has 3 aromatic rings. The Bertz CT molecular complexity index is 1110. The number of fused-ring (bicyclic) bond motifs is 1. The second kappa shape index (κ2) is 8.73. The Kier molecular flexibility index (Phi) is 6.32. The molecular weight excluding hydrogens is 388 g/mol. The van der Waals surface area contributed by atoms with Crippen molar-refractivity contribution in [2.45, 2.75) is 30.9 Å². The molecule has 0 radical (unpaired) electrons. The van der Waals surface area contributed by atoms with E-state index in [4.69, 9.17) is 0 Å². The van der Waals surface area contributed by atoms with E-state index in [1.807, 2.05) is 42.5 Å². The van der Waals surface area contributed by atoms with E-state index in [0.29, 0.717) is 11.1 Å². The molecule has 0 bridgehead atoms. The highest BCUT2D eigenvalue weighted by atomic mass is 32.2. The molecule has 6 nitrogen and oxygen atoms in total. The summed E-state index contributed by atoms with van der Waals surface area (Å²) in [7, 11) is -3.60. The number of sulfonamides is 1. The summed E-state index contributed by atoms with van der Waals surface area (Å²) in [6.45, 7) is 3.52. The molecule has 3 rings (SSSR count). The Morgan fingerprint density at radius 3 is 2.28 bits per heavy atom. The highest BCUT2D eigenvalue weighted by molar-refractivity contribution is 7.89. The second-order valence-corrected chi connectivity index (χ2v) is 8.85. The van der Waals surface area contributed by atoms with Gasteiger partial charge in [-0.3, -0.25) is 4.79 Å². The lowest BCUT2D eigenvalue weighted by Gasteiger charge is -2.14. The highest BCUT2D eigenvalue weighted by Gasteiger charge is 2.16. The lowest BCUT2D eigenvalue weighted by Crippen LogP contribution is -2.30. The number of hydrogen-bond donors (Lipinski definition) is 3. The number of nitrogens with one attached hydrogen (secondary N) is 2. The SMILES string of the molecule is CC(C)NS(=O)(=O)c1ccc(C(=O)NCC(O)c2ccc3ccccc3c2)cc1. The molecule has 0 aliphatic rings. The molecule has 0 aliphatic heterocycles. The van der Waals surface area contributed by atoms with Crippen molar-refractivity contribution in [2.75, 3.05) is 6.54 Å². The van der Waals surface area contributed by atoms with Crippen molar-refractivity contribution in [3.05, 3.63) is 77.9 Å². The number of carbonyl (C=O) groups excluding carboxylic acids is 1. The van der Waals surface area contributed by atoms with Crippen LogP contribution >= 0.6 is 0 Å². The van der Waals surface area contributed by atoms with Gasteiger partial charge in [-0.25, -0.2) is 13.1 Å². The van der Waals surface area contributed by atoms with Gasteiger partial charge in [0, 0.05) is 18.2 Å². The summed E-state index contributed by atoms with van der Waals surface area (Å²) in [5.41, 5.74) is 1.03. The molecule has 152 valence electrons. The number of amides is 1. The molecule has 0 aliphatic carbocycles. The van der Waals surface area contributed by atoms with E-state index in [1.165, 1.54) is 24.3 Å². The van der Waals surface area contributed by atoms with Crippen molar-refractivity contribution in [2.24, 2.45) is 0 Å². The lowest BCUT2D eigenvalue weighted by atomic mass is 10.0. The van der Waals surface area contributed by atoms with Crippen LogP contribution in [0.3, 0.4) is 0 Å². The van der Waals surface area contributed by atoms with Gasteiger partial charge in [-0.15, -0.1) is 0 Å². The maximum atomic E-state index is 12.3. The summed E-state index contributed by atoms with van der Waals surface area (Å²) >= 11 is 0. The molecule has 0 fully saturated rings. The van der Waals surface area contributed by atoms with Crippen molar-refractivity contribution in [1.29, 1.82) is 0 Å². The molecule has 1 atom stereocenters. The van der Waals surface area contributed by atoms with E-state index >= 15 is 0 Å². The first kappa shape index (κ1) is 21.0. The molecule has 3 aromatic carbocycles. The van der Waals surface area contributed by atoms with Crippen molar-refractivity contribution < 1.29 is 18.3 Å². The van der Waals surface area contributed by atoms with Crippen LogP contribution in [0.25, 0.3) is 10.8 Å². The predicted molar refractivity (Wildman–Crippen MR) is 113 cm³/mol. The smallest absolute Gasteiger partial charge is 0.251 e. The van der Waals surface area contributed by atoms with Crippen LogP contribution in [0.1, 0.15) is 35.9 Å². The number of carbonyl (C=O) groups is 1. The predicted octanol–water partition coefficient (Wildman–Crippen LogP) is 2.99. The van der Waals surface area contributed by atoms with E-state index in [0.717, 1.165) is 10.8 Å². The van der Waals surface area contributed by atoms with Gasteiger partial charge in [0.15, 0.2) is 0 Å². The Morgan fingerprint density at radius 1 is 0.966 bits per heavy atom. The maximum absolute atomic E-state index is 12.3. The van der Waals surface area contributed by atoms with Gasteiger partial charge in [-0.1, -0.05) is 36.4 Å². The third-order valence-electron chi connectivity index (χ3n) is 4.43.